The molecule has 1 fully saturated rings. The number of carboxylic acids is 2. The van der Waals surface area contributed by atoms with Gasteiger partial charge in [0.25, 0.3) is 0 Å². The van der Waals surface area contributed by atoms with E-state index >= 15 is 0 Å². The number of hydrogen-bond donors (Lipinski definition) is 3. The Bertz CT molecular complexity index is 1460. The van der Waals surface area contributed by atoms with Crippen molar-refractivity contribution < 1.29 is 33.0 Å². The summed E-state index contributed by atoms with van der Waals surface area (Å²) < 4.78 is 27.7. The monoisotopic (exact) mass is 536 g/mol. The second-order valence-electron chi connectivity index (χ2n) is 9.38. The molecule has 38 heavy (non-hydrogen) atoms. The summed E-state index contributed by atoms with van der Waals surface area (Å²) in [5.74, 6) is -2.98. The quantitative estimate of drug-likeness (QED) is 0.381. The molecular weight excluding hydrogens is 508 g/mol. The molecule has 4 rings (SSSR count). The molecule has 3 aromatic carbocycles. The predicted octanol–water partition coefficient (Wildman–Crippen LogP) is 3.41. The van der Waals surface area contributed by atoms with Crippen molar-refractivity contribution in [3.63, 3.8) is 0 Å². The van der Waals surface area contributed by atoms with Crippen LogP contribution >= 0.6 is 0 Å². The summed E-state index contributed by atoms with van der Waals surface area (Å²) in [7, 11) is -3.96. The van der Waals surface area contributed by atoms with Crippen LogP contribution in [-0.4, -0.2) is 58.9 Å². The summed E-state index contributed by atoms with van der Waals surface area (Å²) in [5, 5.41) is 21.8. The second-order valence-corrected chi connectivity index (χ2v) is 11.2. The van der Waals surface area contributed by atoms with E-state index in [0.29, 0.717) is 23.1 Å². The summed E-state index contributed by atoms with van der Waals surface area (Å²) >= 11 is 0. The lowest BCUT2D eigenvalue weighted by Gasteiger charge is -2.34. The van der Waals surface area contributed by atoms with Crippen LogP contribution in [0.2, 0.25) is 0 Å². The van der Waals surface area contributed by atoms with Crippen molar-refractivity contribution in [1.82, 2.24) is 9.62 Å². The van der Waals surface area contributed by atoms with Crippen LogP contribution in [0.1, 0.15) is 35.7 Å². The number of nitrogens with one attached hydrogen (secondary N) is 1. The van der Waals surface area contributed by atoms with Gasteiger partial charge in [-0.25, -0.2) is 18.0 Å². The van der Waals surface area contributed by atoms with Gasteiger partial charge in [-0.1, -0.05) is 60.7 Å². The minimum atomic E-state index is -3.96. The zero-order chi connectivity index (χ0) is 27.5. The molecule has 3 aromatic rings. The first-order valence-corrected chi connectivity index (χ1v) is 13.5. The summed E-state index contributed by atoms with van der Waals surface area (Å²) in [6.07, 6.45) is 0.686. The molecule has 0 radical (unpaired) electrons. The number of carbonyl (C=O) groups excluding carboxylic acids is 1. The molecule has 1 unspecified atom stereocenters. The zero-order valence-corrected chi connectivity index (χ0v) is 21.5. The van der Waals surface area contributed by atoms with E-state index in [-0.39, 0.29) is 29.8 Å². The average Bonchev–Trinajstić information content (AvgIpc) is 3.33. The van der Waals surface area contributed by atoms with Gasteiger partial charge in [0, 0.05) is 13.0 Å². The van der Waals surface area contributed by atoms with Crippen LogP contribution < -0.4 is 5.32 Å². The Morgan fingerprint density at radius 3 is 2.21 bits per heavy atom. The highest BCUT2D eigenvalue weighted by atomic mass is 32.2. The predicted molar refractivity (Wildman–Crippen MR) is 140 cm³/mol. The van der Waals surface area contributed by atoms with Crippen LogP contribution in [0.3, 0.4) is 0 Å². The lowest BCUT2D eigenvalue weighted by Crippen LogP contribution is -2.58. The summed E-state index contributed by atoms with van der Waals surface area (Å²) in [4.78, 5) is 37.0. The fourth-order valence-electron chi connectivity index (χ4n) is 4.76. The van der Waals surface area contributed by atoms with Gasteiger partial charge in [-0.15, -0.1) is 0 Å². The molecule has 1 heterocycles. The number of amides is 1. The van der Waals surface area contributed by atoms with Gasteiger partial charge in [-0.3, -0.25) is 4.79 Å². The molecule has 3 N–H and O–H groups in total. The third kappa shape index (κ3) is 5.32. The minimum Gasteiger partial charge on any atom is -0.480 e. The van der Waals surface area contributed by atoms with Gasteiger partial charge in [0.2, 0.25) is 15.9 Å². The third-order valence-electron chi connectivity index (χ3n) is 6.86. The first-order valence-electron chi connectivity index (χ1n) is 12.1. The molecule has 0 bridgehead atoms. The van der Waals surface area contributed by atoms with E-state index in [1.807, 2.05) is 0 Å². The van der Waals surface area contributed by atoms with Crippen LogP contribution in [0.5, 0.6) is 0 Å². The molecule has 1 saturated heterocycles. The Kier molecular flexibility index (Phi) is 7.66. The van der Waals surface area contributed by atoms with Crippen LogP contribution in [0.25, 0.3) is 11.1 Å². The van der Waals surface area contributed by atoms with Crippen molar-refractivity contribution in [2.45, 2.75) is 42.7 Å². The van der Waals surface area contributed by atoms with Crippen molar-refractivity contribution in [2.75, 3.05) is 6.54 Å². The average molecular weight is 537 g/mol. The Morgan fingerprint density at radius 1 is 0.947 bits per heavy atom. The number of carbonyl (C=O) groups is 3. The van der Waals surface area contributed by atoms with E-state index in [1.54, 1.807) is 60.7 Å². The highest BCUT2D eigenvalue weighted by Gasteiger charge is 2.50. The standard InChI is InChI=1S/C28H28N2O7S/c1-28(16-7-17-30(28)38(36,37)21-8-3-2-4-9-21)27(35)29-24(26(33)34)18-19-12-14-20(15-13-19)22-10-5-6-11-23(22)25(31)32/h2-6,8-15,24H,7,16-18H2,1H3,(H,29,35)(H,31,32)(H,33,34)/t24?,28-/m0/s1. The maximum Gasteiger partial charge on any atom is 0.336 e. The maximum atomic E-state index is 13.4. The van der Waals surface area contributed by atoms with Crippen molar-refractivity contribution in [3.05, 3.63) is 90.0 Å². The summed E-state index contributed by atoms with van der Waals surface area (Å²) in [6, 6.07) is 19.9. The number of aliphatic carboxylic acids is 1. The van der Waals surface area contributed by atoms with Crippen molar-refractivity contribution >= 4 is 27.9 Å². The Hall–Kier alpha value is -4.02. The van der Waals surface area contributed by atoms with Gasteiger partial charge >= 0.3 is 11.9 Å². The number of benzene rings is 3. The van der Waals surface area contributed by atoms with E-state index in [9.17, 15) is 33.0 Å². The molecule has 1 aliphatic rings. The molecule has 198 valence electrons. The fourth-order valence-corrected chi connectivity index (χ4v) is 6.59. The van der Waals surface area contributed by atoms with Crippen LogP contribution in [-0.2, 0) is 26.0 Å². The maximum absolute atomic E-state index is 13.4. The van der Waals surface area contributed by atoms with Gasteiger partial charge in [0.05, 0.1) is 10.5 Å². The lowest BCUT2D eigenvalue weighted by molar-refractivity contribution is -0.143. The molecule has 0 aliphatic carbocycles. The van der Waals surface area contributed by atoms with Gasteiger partial charge in [0.15, 0.2) is 0 Å². The number of nitrogens with zero attached hydrogens (tertiary/aromatic N) is 1. The summed E-state index contributed by atoms with van der Waals surface area (Å²) in [6.45, 7) is 1.67. The first-order chi connectivity index (χ1) is 18.0. The first kappa shape index (κ1) is 27.0. The SMILES string of the molecule is C[C@@]1(C(=O)NC(Cc2ccc(-c3ccccc3C(=O)O)cc2)C(=O)O)CCCN1S(=O)(=O)c1ccccc1. The number of rotatable bonds is 9. The van der Waals surface area contributed by atoms with E-state index in [1.165, 1.54) is 25.1 Å². The normalized spacial score (nSPS) is 18.6. The van der Waals surface area contributed by atoms with Crippen LogP contribution in [0.15, 0.2) is 83.8 Å². The number of carboxylic acid groups (broad SMARTS) is 2. The van der Waals surface area contributed by atoms with Crippen LogP contribution in [0.4, 0.5) is 0 Å². The van der Waals surface area contributed by atoms with Gasteiger partial charge < -0.3 is 15.5 Å². The van der Waals surface area contributed by atoms with Crippen LogP contribution in [0, 0.1) is 0 Å². The Morgan fingerprint density at radius 2 is 1.58 bits per heavy atom. The van der Waals surface area contributed by atoms with E-state index in [0.717, 1.165) is 4.31 Å². The van der Waals surface area contributed by atoms with E-state index in [4.69, 9.17) is 0 Å². The van der Waals surface area contributed by atoms with Crippen molar-refractivity contribution in [3.8, 4) is 11.1 Å². The fraction of sp³-hybridized carbons (Fsp3) is 0.250. The smallest absolute Gasteiger partial charge is 0.336 e. The third-order valence-corrected chi connectivity index (χ3v) is 8.89. The molecule has 9 nitrogen and oxygen atoms in total. The largest absolute Gasteiger partial charge is 0.480 e. The minimum absolute atomic E-state index is 0.0382. The van der Waals surface area contributed by atoms with Crippen molar-refractivity contribution in [1.29, 1.82) is 0 Å². The van der Waals surface area contributed by atoms with Gasteiger partial charge in [0.1, 0.15) is 11.6 Å². The topological polar surface area (TPSA) is 141 Å². The van der Waals surface area contributed by atoms with Gasteiger partial charge in [-0.2, -0.15) is 4.31 Å². The lowest BCUT2D eigenvalue weighted by atomic mass is 9.96. The molecule has 0 spiro atoms. The summed E-state index contributed by atoms with van der Waals surface area (Å²) in [5.41, 5.74) is 0.508. The number of aromatic carboxylic acids is 1. The molecule has 0 saturated carbocycles. The number of sulfonamides is 1. The molecule has 1 amide bonds. The second kappa shape index (κ2) is 10.8. The van der Waals surface area contributed by atoms with Crippen molar-refractivity contribution in [2.24, 2.45) is 0 Å². The zero-order valence-electron chi connectivity index (χ0n) is 20.7. The molecule has 10 heteroatoms. The molecular formula is C28H28N2O7S. The van der Waals surface area contributed by atoms with E-state index < -0.39 is 39.4 Å². The Balaban J connectivity index is 1.52. The van der Waals surface area contributed by atoms with Gasteiger partial charge in [-0.05, 0) is 54.7 Å². The number of hydrogen-bond acceptors (Lipinski definition) is 5. The molecule has 0 aromatic heterocycles. The Labute approximate surface area is 220 Å². The van der Waals surface area contributed by atoms with E-state index in [2.05, 4.69) is 5.32 Å². The highest BCUT2D eigenvalue weighted by molar-refractivity contribution is 7.89. The molecule has 2 atom stereocenters. The highest BCUT2D eigenvalue weighted by Crippen LogP contribution is 2.35. The molecule has 1 aliphatic heterocycles.